The lowest BCUT2D eigenvalue weighted by Gasteiger charge is -2.14. The Morgan fingerprint density at radius 3 is 2.94 bits per heavy atom. The van der Waals surface area contributed by atoms with Gasteiger partial charge in [-0.2, -0.15) is 0 Å². The molecule has 2 heteroatoms. The van der Waals surface area contributed by atoms with Crippen molar-refractivity contribution in [2.45, 2.75) is 32.1 Å². The van der Waals surface area contributed by atoms with Crippen molar-refractivity contribution in [3.8, 4) is 0 Å². The summed E-state index contributed by atoms with van der Waals surface area (Å²) in [5, 5.41) is 3.42. The van der Waals surface area contributed by atoms with Gasteiger partial charge in [0.05, 0.1) is 0 Å². The van der Waals surface area contributed by atoms with Gasteiger partial charge in [-0.3, -0.25) is 0 Å². The van der Waals surface area contributed by atoms with E-state index in [0.717, 1.165) is 6.54 Å². The van der Waals surface area contributed by atoms with Gasteiger partial charge < -0.3 is 10.2 Å². The van der Waals surface area contributed by atoms with Crippen LogP contribution in [0.1, 0.15) is 30.4 Å². The van der Waals surface area contributed by atoms with Crippen LogP contribution >= 0.6 is 0 Å². The molecule has 2 aliphatic heterocycles. The third kappa shape index (κ3) is 2.63. The smallest absolute Gasteiger partial charge is 0.0373 e. The van der Waals surface area contributed by atoms with E-state index in [1.165, 1.54) is 68.6 Å². The first kappa shape index (κ1) is 11.1. The van der Waals surface area contributed by atoms with Crippen molar-refractivity contribution in [1.29, 1.82) is 0 Å². The standard InChI is InChI=1S/C15H22N2/c1-2-10-17(9-1)11-3-4-13-5-6-15-14(12-13)7-8-16-15/h5-6,12,16H,1-4,7-11H2. The molecule has 0 atom stereocenters. The van der Waals surface area contributed by atoms with Gasteiger partial charge in [-0.1, -0.05) is 12.1 Å². The van der Waals surface area contributed by atoms with E-state index in [2.05, 4.69) is 28.4 Å². The number of nitrogens with one attached hydrogen (secondary N) is 1. The van der Waals surface area contributed by atoms with E-state index in [-0.39, 0.29) is 0 Å². The SMILES string of the molecule is c1cc2c(cc1CCCN1CCCC1)CCN2. The van der Waals surface area contributed by atoms with Gasteiger partial charge in [0, 0.05) is 12.2 Å². The maximum absolute atomic E-state index is 3.42. The van der Waals surface area contributed by atoms with Crippen molar-refractivity contribution in [3.05, 3.63) is 29.3 Å². The molecule has 2 aliphatic rings. The zero-order valence-corrected chi connectivity index (χ0v) is 10.5. The summed E-state index contributed by atoms with van der Waals surface area (Å²) in [6, 6.07) is 6.95. The van der Waals surface area contributed by atoms with Crippen molar-refractivity contribution < 1.29 is 0 Å². The highest BCUT2D eigenvalue weighted by Crippen LogP contribution is 2.23. The molecule has 0 spiro atoms. The molecule has 1 fully saturated rings. The zero-order chi connectivity index (χ0) is 11.5. The van der Waals surface area contributed by atoms with Crippen LogP contribution in [0.4, 0.5) is 5.69 Å². The second-order valence-electron chi connectivity index (χ2n) is 5.32. The largest absolute Gasteiger partial charge is 0.384 e. The first-order valence-electron chi connectivity index (χ1n) is 7.00. The average Bonchev–Trinajstić information content (AvgIpc) is 2.98. The summed E-state index contributed by atoms with van der Waals surface area (Å²) in [4.78, 5) is 2.61. The Kier molecular flexibility index (Phi) is 3.32. The van der Waals surface area contributed by atoms with Gasteiger partial charge in [-0.05, 0) is 68.9 Å². The lowest BCUT2D eigenvalue weighted by Crippen LogP contribution is -2.20. The maximum atomic E-state index is 3.42. The second-order valence-corrected chi connectivity index (χ2v) is 5.32. The number of nitrogens with zero attached hydrogens (tertiary/aromatic N) is 1. The van der Waals surface area contributed by atoms with Gasteiger partial charge in [-0.15, -0.1) is 0 Å². The summed E-state index contributed by atoms with van der Waals surface area (Å²) in [6.07, 6.45) is 6.57. The topological polar surface area (TPSA) is 15.3 Å². The number of rotatable bonds is 4. The predicted molar refractivity (Wildman–Crippen MR) is 72.6 cm³/mol. The normalized spacial score (nSPS) is 19.3. The van der Waals surface area contributed by atoms with E-state index in [9.17, 15) is 0 Å². The van der Waals surface area contributed by atoms with Crippen LogP contribution in [0.3, 0.4) is 0 Å². The quantitative estimate of drug-likeness (QED) is 0.855. The van der Waals surface area contributed by atoms with Gasteiger partial charge in [0.25, 0.3) is 0 Å². The van der Waals surface area contributed by atoms with Crippen LogP contribution < -0.4 is 5.32 Å². The Labute approximate surface area is 104 Å². The molecule has 0 bridgehead atoms. The summed E-state index contributed by atoms with van der Waals surface area (Å²) < 4.78 is 0. The average molecular weight is 230 g/mol. The molecular formula is C15H22N2. The third-order valence-electron chi connectivity index (χ3n) is 4.02. The van der Waals surface area contributed by atoms with Crippen LogP contribution in [0.15, 0.2) is 18.2 Å². The van der Waals surface area contributed by atoms with Gasteiger partial charge in [-0.25, -0.2) is 0 Å². The second kappa shape index (κ2) is 5.09. The van der Waals surface area contributed by atoms with Gasteiger partial charge in [0.2, 0.25) is 0 Å². The van der Waals surface area contributed by atoms with Gasteiger partial charge in [0.1, 0.15) is 0 Å². The number of anilines is 1. The molecule has 1 saturated heterocycles. The fourth-order valence-corrected chi connectivity index (χ4v) is 3.03. The number of aryl methyl sites for hydroxylation is 1. The number of fused-ring (bicyclic) bond motifs is 1. The molecule has 17 heavy (non-hydrogen) atoms. The molecule has 0 unspecified atom stereocenters. The Hall–Kier alpha value is -1.02. The van der Waals surface area contributed by atoms with Crippen molar-refractivity contribution in [1.82, 2.24) is 4.90 Å². The predicted octanol–water partition coefficient (Wildman–Crippen LogP) is 2.68. The van der Waals surface area contributed by atoms with Crippen LogP contribution in [0.25, 0.3) is 0 Å². The summed E-state index contributed by atoms with van der Waals surface area (Å²) in [6.45, 7) is 5.06. The van der Waals surface area contributed by atoms with Crippen molar-refractivity contribution >= 4 is 5.69 Å². The van der Waals surface area contributed by atoms with E-state index in [1.807, 2.05) is 0 Å². The first-order chi connectivity index (χ1) is 8.42. The Morgan fingerprint density at radius 1 is 1.18 bits per heavy atom. The molecule has 2 nitrogen and oxygen atoms in total. The van der Waals surface area contributed by atoms with E-state index in [1.54, 1.807) is 0 Å². The van der Waals surface area contributed by atoms with Crippen molar-refractivity contribution in [3.63, 3.8) is 0 Å². The minimum absolute atomic E-state index is 1.12. The van der Waals surface area contributed by atoms with Crippen LogP contribution in [0, 0.1) is 0 Å². The van der Waals surface area contributed by atoms with Crippen molar-refractivity contribution in [2.75, 3.05) is 31.5 Å². The van der Waals surface area contributed by atoms with Crippen LogP contribution in [-0.2, 0) is 12.8 Å². The molecule has 3 rings (SSSR count). The van der Waals surface area contributed by atoms with Gasteiger partial charge in [0.15, 0.2) is 0 Å². The number of likely N-dealkylation sites (tertiary alicyclic amines) is 1. The molecule has 0 saturated carbocycles. The highest BCUT2D eigenvalue weighted by molar-refractivity contribution is 5.56. The Balaban J connectivity index is 1.51. The summed E-state index contributed by atoms with van der Waals surface area (Å²) in [5.41, 5.74) is 4.39. The van der Waals surface area contributed by atoms with E-state index >= 15 is 0 Å². The molecule has 0 amide bonds. The van der Waals surface area contributed by atoms with E-state index < -0.39 is 0 Å². The highest BCUT2D eigenvalue weighted by Gasteiger charge is 2.12. The molecule has 0 aromatic heterocycles. The fourth-order valence-electron chi connectivity index (χ4n) is 3.03. The Morgan fingerprint density at radius 2 is 2.06 bits per heavy atom. The Bertz CT molecular complexity index is 381. The van der Waals surface area contributed by atoms with Crippen LogP contribution in [0.5, 0.6) is 0 Å². The molecule has 2 heterocycles. The third-order valence-corrected chi connectivity index (χ3v) is 4.02. The lowest BCUT2D eigenvalue weighted by atomic mass is 10.0. The minimum atomic E-state index is 1.12. The molecule has 1 aromatic rings. The number of benzene rings is 1. The zero-order valence-electron chi connectivity index (χ0n) is 10.5. The molecule has 0 radical (unpaired) electrons. The summed E-state index contributed by atoms with van der Waals surface area (Å²) in [7, 11) is 0. The molecule has 92 valence electrons. The van der Waals surface area contributed by atoms with Crippen LogP contribution in [0.2, 0.25) is 0 Å². The highest BCUT2D eigenvalue weighted by atomic mass is 15.1. The summed E-state index contributed by atoms with van der Waals surface area (Å²) in [5.74, 6) is 0. The number of hydrogen-bond acceptors (Lipinski definition) is 2. The molecule has 0 aliphatic carbocycles. The minimum Gasteiger partial charge on any atom is -0.384 e. The maximum Gasteiger partial charge on any atom is 0.0373 e. The van der Waals surface area contributed by atoms with Gasteiger partial charge >= 0.3 is 0 Å². The van der Waals surface area contributed by atoms with E-state index in [0.29, 0.717) is 0 Å². The number of hydrogen-bond donors (Lipinski definition) is 1. The van der Waals surface area contributed by atoms with Crippen molar-refractivity contribution in [2.24, 2.45) is 0 Å². The van der Waals surface area contributed by atoms with E-state index in [4.69, 9.17) is 0 Å². The molecular weight excluding hydrogens is 208 g/mol. The molecule has 1 N–H and O–H groups in total. The fraction of sp³-hybridized carbons (Fsp3) is 0.600. The monoisotopic (exact) mass is 230 g/mol. The summed E-state index contributed by atoms with van der Waals surface area (Å²) >= 11 is 0. The molecule has 1 aromatic carbocycles. The first-order valence-corrected chi connectivity index (χ1v) is 7.00. The van der Waals surface area contributed by atoms with Crippen LogP contribution in [-0.4, -0.2) is 31.1 Å². The lowest BCUT2D eigenvalue weighted by molar-refractivity contribution is 0.334.